The van der Waals surface area contributed by atoms with Crippen molar-refractivity contribution in [3.8, 4) is 0 Å². The molecule has 0 radical (unpaired) electrons. The van der Waals surface area contributed by atoms with E-state index >= 15 is 0 Å². The molecule has 2 amide bonds. The molecule has 1 aliphatic heterocycles. The fourth-order valence-corrected chi connectivity index (χ4v) is 2.45. The Kier molecular flexibility index (Phi) is 4.49. The van der Waals surface area contributed by atoms with Gasteiger partial charge in [0.1, 0.15) is 12.4 Å². The zero-order valence-electron chi connectivity index (χ0n) is 11.3. The van der Waals surface area contributed by atoms with Gasteiger partial charge in [-0.2, -0.15) is 0 Å². The van der Waals surface area contributed by atoms with Gasteiger partial charge in [0.15, 0.2) is 0 Å². The quantitative estimate of drug-likeness (QED) is 0.875. The van der Waals surface area contributed by atoms with Crippen molar-refractivity contribution in [3.63, 3.8) is 0 Å². The minimum absolute atomic E-state index is 0.361. The number of carboxylic acid groups (broad SMARTS) is 1. The molecule has 0 spiro atoms. The summed E-state index contributed by atoms with van der Waals surface area (Å²) in [7, 11) is 0. The number of likely N-dealkylation sites (tertiary alicyclic amines) is 1. The molecule has 7 heteroatoms. The summed E-state index contributed by atoms with van der Waals surface area (Å²) in [5.41, 5.74) is 0.458. The number of carboxylic acids is 1. The lowest BCUT2D eigenvalue weighted by Crippen LogP contribution is -2.51. The maximum atomic E-state index is 12.2. The maximum Gasteiger partial charge on any atom is 0.326 e. The number of aliphatic carboxylic acids is 1. The van der Waals surface area contributed by atoms with Gasteiger partial charge in [0.05, 0.1) is 18.1 Å². The van der Waals surface area contributed by atoms with Crippen LogP contribution in [0.4, 0.5) is 10.5 Å². The molecule has 7 nitrogen and oxygen atoms in total. The molecule has 20 heavy (non-hydrogen) atoms. The van der Waals surface area contributed by atoms with Crippen molar-refractivity contribution in [1.82, 2.24) is 14.9 Å². The van der Waals surface area contributed by atoms with Gasteiger partial charge < -0.3 is 15.3 Å². The molecule has 0 bridgehead atoms. The van der Waals surface area contributed by atoms with Gasteiger partial charge in [-0.05, 0) is 18.8 Å². The van der Waals surface area contributed by atoms with E-state index in [0.29, 0.717) is 24.6 Å². The van der Waals surface area contributed by atoms with Crippen LogP contribution >= 0.6 is 0 Å². The lowest BCUT2D eigenvalue weighted by molar-refractivity contribution is -0.143. The largest absolute Gasteiger partial charge is 0.480 e. The molecule has 2 rings (SSSR count). The van der Waals surface area contributed by atoms with E-state index in [0.717, 1.165) is 12.8 Å². The summed E-state index contributed by atoms with van der Waals surface area (Å²) in [6.45, 7) is 2.50. The number of hydrogen-bond acceptors (Lipinski definition) is 4. The average molecular weight is 278 g/mol. The number of rotatable bonds is 3. The minimum Gasteiger partial charge on any atom is -0.480 e. The van der Waals surface area contributed by atoms with Crippen LogP contribution in [0.5, 0.6) is 0 Å². The normalized spacial score (nSPS) is 22.4. The number of nitrogens with zero attached hydrogens (tertiary/aromatic N) is 3. The molecule has 2 atom stereocenters. The highest BCUT2D eigenvalue weighted by Gasteiger charge is 2.35. The fourth-order valence-electron chi connectivity index (χ4n) is 2.45. The second-order valence-electron chi connectivity index (χ2n) is 4.90. The molecular formula is C13H18N4O3. The Balaban J connectivity index is 2.06. The van der Waals surface area contributed by atoms with E-state index in [1.165, 1.54) is 23.6 Å². The van der Waals surface area contributed by atoms with Crippen molar-refractivity contribution in [2.24, 2.45) is 5.92 Å². The molecular weight excluding hydrogens is 260 g/mol. The summed E-state index contributed by atoms with van der Waals surface area (Å²) in [6.07, 6.45) is 6.58. The van der Waals surface area contributed by atoms with E-state index in [1.54, 1.807) is 0 Å². The Morgan fingerprint density at radius 1 is 1.45 bits per heavy atom. The van der Waals surface area contributed by atoms with Crippen LogP contribution in [0.3, 0.4) is 0 Å². The number of amides is 2. The first-order valence-corrected chi connectivity index (χ1v) is 6.67. The number of piperidine rings is 1. The van der Waals surface area contributed by atoms with Gasteiger partial charge in [-0.3, -0.25) is 0 Å². The number of carbonyl (C=O) groups excluding carboxylic acids is 1. The van der Waals surface area contributed by atoms with E-state index in [-0.39, 0.29) is 0 Å². The molecule has 0 aromatic carbocycles. The van der Waals surface area contributed by atoms with Crippen molar-refractivity contribution in [2.45, 2.75) is 32.2 Å². The first-order chi connectivity index (χ1) is 9.61. The molecule has 2 unspecified atom stereocenters. The maximum absolute atomic E-state index is 12.2. The van der Waals surface area contributed by atoms with Crippen molar-refractivity contribution in [2.75, 3.05) is 11.9 Å². The Labute approximate surface area is 117 Å². The molecule has 1 fully saturated rings. The third kappa shape index (κ3) is 3.23. The zero-order chi connectivity index (χ0) is 14.5. The van der Waals surface area contributed by atoms with Gasteiger partial charge >= 0.3 is 12.0 Å². The van der Waals surface area contributed by atoms with Gasteiger partial charge in [0.25, 0.3) is 0 Å². The summed E-state index contributed by atoms with van der Waals surface area (Å²) in [6, 6.07) is -1.18. The van der Waals surface area contributed by atoms with Crippen LogP contribution in [-0.4, -0.2) is 44.6 Å². The Bertz CT molecular complexity index is 480. The van der Waals surface area contributed by atoms with E-state index in [2.05, 4.69) is 15.3 Å². The molecule has 0 aliphatic carbocycles. The molecule has 1 aliphatic rings. The van der Waals surface area contributed by atoms with Crippen LogP contribution in [0.25, 0.3) is 0 Å². The standard InChI is InChI=1S/C13H18N4O3/c1-2-9-3-4-17(11(5-9)12(18)19)13(20)16-10-6-14-8-15-7-10/h6-9,11H,2-5H2,1H3,(H,16,20)(H,18,19). The topological polar surface area (TPSA) is 95.4 Å². The van der Waals surface area contributed by atoms with E-state index in [1.807, 2.05) is 6.92 Å². The third-order valence-electron chi connectivity index (χ3n) is 3.65. The van der Waals surface area contributed by atoms with E-state index in [9.17, 15) is 14.7 Å². The third-order valence-corrected chi connectivity index (χ3v) is 3.65. The highest BCUT2D eigenvalue weighted by Crippen LogP contribution is 2.26. The van der Waals surface area contributed by atoms with Gasteiger partial charge in [-0.1, -0.05) is 13.3 Å². The number of carbonyl (C=O) groups is 2. The van der Waals surface area contributed by atoms with Crippen LogP contribution in [0, 0.1) is 5.92 Å². The summed E-state index contributed by atoms with van der Waals surface area (Å²) in [5, 5.41) is 11.9. The summed E-state index contributed by atoms with van der Waals surface area (Å²) >= 11 is 0. The monoisotopic (exact) mass is 278 g/mol. The first kappa shape index (κ1) is 14.2. The van der Waals surface area contributed by atoms with E-state index in [4.69, 9.17) is 0 Å². The van der Waals surface area contributed by atoms with Crippen molar-refractivity contribution < 1.29 is 14.7 Å². The molecule has 108 valence electrons. The summed E-state index contributed by atoms with van der Waals surface area (Å²) in [4.78, 5) is 32.5. The second-order valence-corrected chi connectivity index (χ2v) is 4.90. The molecule has 0 saturated carbocycles. The predicted octanol–water partition coefficient (Wildman–Crippen LogP) is 1.58. The highest BCUT2D eigenvalue weighted by atomic mass is 16.4. The van der Waals surface area contributed by atoms with Crippen LogP contribution in [0.2, 0.25) is 0 Å². The Hall–Kier alpha value is -2.18. The SMILES string of the molecule is CCC1CCN(C(=O)Nc2cncnc2)C(C(=O)O)C1. The Morgan fingerprint density at radius 2 is 2.15 bits per heavy atom. The van der Waals surface area contributed by atoms with E-state index < -0.39 is 18.0 Å². The number of urea groups is 1. The number of aromatic nitrogens is 2. The molecule has 1 aromatic rings. The van der Waals surface area contributed by atoms with Crippen molar-refractivity contribution in [1.29, 1.82) is 0 Å². The highest BCUT2D eigenvalue weighted by molar-refractivity contribution is 5.92. The minimum atomic E-state index is -0.956. The average Bonchev–Trinajstić information content (AvgIpc) is 2.47. The van der Waals surface area contributed by atoms with Crippen molar-refractivity contribution >= 4 is 17.7 Å². The number of nitrogens with one attached hydrogen (secondary N) is 1. The smallest absolute Gasteiger partial charge is 0.326 e. The second kappa shape index (κ2) is 6.31. The summed E-state index contributed by atoms with van der Waals surface area (Å²) < 4.78 is 0. The van der Waals surface area contributed by atoms with Crippen molar-refractivity contribution in [3.05, 3.63) is 18.7 Å². The molecule has 2 heterocycles. The van der Waals surface area contributed by atoms with Crippen LogP contribution in [0.1, 0.15) is 26.2 Å². The fraction of sp³-hybridized carbons (Fsp3) is 0.538. The van der Waals surface area contributed by atoms with Crippen LogP contribution < -0.4 is 5.32 Å². The Morgan fingerprint density at radius 3 is 2.75 bits per heavy atom. The van der Waals surface area contributed by atoms with Gasteiger partial charge in [-0.25, -0.2) is 19.6 Å². The lowest BCUT2D eigenvalue weighted by Gasteiger charge is -2.36. The molecule has 1 saturated heterocycles. The summed E-state index contributed by atoms with van der Waals surface area (Å²) in [5.74, 6) is -0.595. The van der Waals surface area contributed by atoms with Crippen LogP contribution in [0.15, 0.2) is 18.7 Å². The van der Waals surface area contributed by atoms with Gasteiger partial charge in [0.2, 0.25) is 0 Å². The number of hydrogen-bond donors (Lipinski definition) is 2. The van der Waals surface area contributed by atoms with Gasteiger partial charge in [-0.15, -0.1) is 0 Å². The number of anilines is 1. The lowest BCUT2D eigenvalue weighted by atomic mass is 9.89. The first-order valence-electron chi connectivity index (χ1n) is 6.67. The van der Waals surface area contributed by atoms with Crippen LogP contribution in [-0.2, 0) is 4.79 Å². The molecule has 1 aromatic heterocycles. The zero-order valence-corrected chi connectivity index (χ0v) is 11.3. The van der Waals surface area contributed by atoms with Gasteiger partial charge in [0, 0.05) is 6.54 Å². The molecule has 2 N–H and O–H groups in total. The predicted molar refractivity (Wildman–Crippen MR) is 72.2 cm³/mol.